The number of hydrogen-bond acceptors (Lipinski definition) is 3. The molecule has 0 radical (unpaired) electrons. The number of hydrogen-bond donors (Lipinski definition) is 3. The highest BCUT2D eigenvalue weighted by Gasteiger charge is 2.41. The van der Waals surface area contributed by atoms with Gasteiger partial charge in [-0.15, -0.1) is 0 Å². The normalized spacial score (nSPS) is 22.4. The number of ketones is 1. The Morgan fingerprint density at radius 2 is 1.84 bits per heavy atom. The SMILES string of the molecule is CC1(C)CC(=O)C2=C(C1)NC(=O)N[C@H]2c1c(O)ccc2ccccc12. The van der Waals surface area contributed by atoms with Gasteiger partial charge in [0.05, 0.1) is 6.04 Å². The van der Waals surface area contributed by atoms with Gasteiger partial charge in [-0.3, -0.25) is 4.79 Å². The van der Waals surface area contributed by atoms with Crippen LogP contribution in [-0.2, 0) is 4.79 Å². The lowest BCUT2D eigenvalue weighted by Gasteiger charge is -2.38. The summed E-state index contributed by atoms with van der Waals surface area (Å²) in [6.07, 6.45) is 1.05. The molecule has 0 unspecified atom stereocenters. The third-order valence-corrected chi connectivity index (χ3v) is 4.98. The fourth-order valence-electron chi connectivity index (χ4n) is 3.96. The number of rotatable bonds is 1. The van der Waals surface area contributed by atoms with Crippen LogP contribution in [0, 0.1) is 5.41 Å². The lowest BCUT2D eigenvalue weighted by Crippen LogP contribution is -2.48. The Morgan fingerprint density at radius 3 is 2.64 bits per heavy atom. The maximum absolute atomic E-state index is 12.9. The topological polar surface area (TPSA) is 78.4 Å². The number of carbonyl (C=O) groups excluding carboxylic acids is 2. The fourth-order valence-corrected chi connectivity index (χ4v) is 3.96. The highest BCUT2D eigenvalue weighted by Crippen LogP contribution is 2.44. The van der Waals surface area contributed by atoms with Gasteiger partial charge in [0.25, 0.3) is 0 Å². The maximum Gasteiger partial charge on any atom is 0.319 e. The first-order valence-corrected chi connectivity index (χ1v) is 8.40. The summed E-state index contributed by atoms with van der Waals surface area (Å²) in [5.41, 5.74) is 1.62. The molecule has 0 fully saturated rings. The zero-order valence-electron chi connectivity index (χ0n) is 14.2. The number of aromatic hydroxyl groups is 1. The van der Waals surface area contributed by atoms with Crippen molar-refractivity contribution in [3.63, 3.8) is 0 Å². The van der Waals surface area contributed by atoms with Crippen LogP contribution in [-0.4, -0.2) is 16.9 Å². The van der Waals surface area contributed by atoms with E-state index in [-0.39, 0.29) is 23.0 Å². The summed E-state index contributed by atoms with van der Waals surface area (Å²) < 4.78 is 0. The molecule has 3 N–H and O–H groups in total. The molecule has 0 saturated carbocycles. The van der Waals surface area contributed by atoms with E-state index in [0.29, 0.717) is 29.7 Å². The summed E-state index contributed by atoms with van der Waals surface area (Å²) >= 11 is 0. The van der Waals surface area contributed by atoms with E-state index in [1.807, 2.05) is 44.2 Å². The van der Waals surface area contributed by atoms with E-state index in [2.05, 4.69) is 10.6 Å². The summed E-state index contributed by atoms with van der Waals surface area (Å²) in [6.45, 7) is 4.04. The van der Waals surface area contributed by atoms with Crippen molar-refractivity contribution in [2.75, 3.05) is 0 Å². The van der Waals surface area contributed by atoms with Gasteiger partial charge in [-0.25, -0.2) is 4.79 Å². The Balaban J connectivity index is 1.95. The minimum atomic E-state index is -0.640. The molecule has 2 aliphatic rings. The quantitative estimate of drug-likeness (QED) is 0.745. The summed E-state index contributed by atoms with van der Waals surface area (Å²) in [5.74, 6) is 0.0893. The molecule has 25 heavy (non-hydrogen) atoms. The Bertz CT molecular complexity index is 943. The van der Waals surface area contributed by atoms with Crippen molar-refractivity contribution < 1.29 is 14.7 Å². The van der Waals surface area contributed by atoms with Crippen LogP contribution in [0.25, 0.3) is 10.8 Å². The van der Waals surface area contributed by atoms with Gasteiger partial charge in [0.15, 0.2) is 5.78 Å². The van der Waals surface area contributed by atoms with Crippen LogP contribution in [0.4, 0.5) is 4.79 Å². The second-order valence-corrected chi connectivity index (χ2v) is 7.58. The molecule has 0 spiro atoms. The predicted molar refractivity (Wildman–Crippen MR) is 95.1 cm³/mol. The van der Waals surface area contributed by atoms with Gasteiger partial charge >= 0.3 is 6.03 Å². The van der Waals surface area contributed by atoms with Crippen molar-refractivity contribution in [2.45, 2.75) is 32.7 Å². The van der Waals surface area contributed by atoms with E-state index in [1.54, 1.807) is 6.07 Å². The van der Waals surface area contributed by atoms with Crippen LogP contribution < -0.4 is 10.6 Å². The number of phenolic OH excluding ortho intramolecular Hbond substituents is 1. The van der Waals surface area contributed by atoms with E-state index >= 15 is 0 Å². The molecule has 0 bridgehead atoms. The molecule has 5 nitrogen and oxygen atoms in total. The van der Waals surface area contributed by atoms with Gasteiger partial charge in [0, 0.05) is 23.3 Å². The van der Waals surface area contributed by atoms with Crippen LogP contribution in [0.5, 0.6) is 5.75 Å². The first-order valence-electron chi connectivity index (χ1n) is 8.40. The Labute approximate surface area is 145 Å². The van der Waals surface area contributed by atoms with Crippen LogP contribution in [0.1, 0.15) is 38.3 Å². The lowest BCUT2D eigenvalue weighted by molar-refractivity contribution is -0.118. The zero-order chi connectivity index (χ0) is 17.8. The summed E-state index contributed by atoms with van der Waals surface area (Å²) in [5, 5.41) is 17.9. The standard InChI is InChI=1S/C20H20N2O3/c1-20(2)9-13-17(15(24)10-20)18(22-19(25)21-13)16-12-6-4-3-5-11(12)7-8-14(16)23/h3-8,18,23H,9-10H2,1-2H3,(H2,21,22,25)/t18-/m0/s1. The third-order valence-electron chi connectivity index (χ3n) is 4.98. The second kappa shape index (κ2) is 5.34. The molecule has 0 aromatic heterocycles. The number of allylic oxidation sites excluding steroid dienone is 1. The monoisotopic (exact) mass is 336 g/mol. The largest absolute Gasteiger partial charge is 0.508 e. The minimum absolute atomic E-state index is 0.0103. The summed E-state index contributed by atoms with van der Waals surface area (Å²) in [4.78, 5) is 25.1. The van der Waals surface area contributed by atoms with E-state index in [4.69, 9.17) is 0 Å². The number of phenols is 1. The van der Waals surface area contributed by atoms with Crippen LogP contribution in [0.3, 0.4) is 0 Å². The average Bonchev–Trinajstić information content (AvgIpc) is 2.52. The van der Waals surface area contributed by atoms with Gasteiger partial charge in [0.1, 0.15) is 5.75 Å². The number of urea groups is 1. The number of amides is 2. The molecule has 1 atom stereocenters. The number of benzene rings is 2. The lowest BCUT2D eigenvalue weighted by atomic mass is 9.72. The molecular weight excluding hydrogens is 316 g/mol. The number of Topliss-reactive ketones (excluding diaryl/α,β-unsaturated/α-hetero) is 1. The number of nitrogens with one attached hydrogen (secondary N) is 2. The van der Waals surface area contributed by atoms with Gasteiger partial charge < -0.3 is 15.7 Å². The molecular formula is C20H20N2O3. The molecule has 4 rings (SSSR count). The molecule has 128 valence electrons. The molecule has 2 amide bonds. The Kier molecular flexibility index (Phi) is 3.35. The zero-order valence-corrected chi connectivity index (χ0v) is 14.2. The fraction of sp³-hybridized carbons (Fsp3) is 0.300. The van der Waals surface area contributed by atoms with Gasteiger partial charge in [-0.1, -0.05) is 44.2 Å². The van der Waals surface area contributed by atoms with Crippen molar-refractivity contribution in [2.24, 2.45) is 5.41 Å². The van der Waals surface area contributed by atoms with Crippen molar-refractivity contribution in [3.8, 4) is 5.75 Å². The van der Waals surface area contributed by atoms with Gasteiger partial charge in [-0.05, 0) is 28.7 Å². The Hall–Kier alpha value is -2.82. The molecule has 5 heteroatoms. The van der Waals surface area contributed by atoms with E-state index in [0.717, 1.165) is 10.8 Å². The maximum atomic E-state index is 12.9. The average molecular weight is 336 g/mol. The number of carbonyl (C=O) groups is 2. The van der Waals surface area contributed by atoms with Crippen LogP contribution in [0.2, 0.25) is 0 Å². The van der Waals surface area contributed by atoms with E-state index < -0.39 is 6.04 Å². The van der Waals surface area contributed by atoms with Crippen LogP contribution in [0.15, 0.2) is 47.7 Å². The molecule has 0 saturated heterocycles. The molecule has 2 aromatic rings. The smallest absolute Gasteiger partial charge is 0.319 e. The molecule has 1 aliphatic carbocycles. The van der Waals surface area contributed by atoms with E-state index in [9.17, 15) is 14.7 Å². The molecule has 1 aliphatic heterocycles. The first kappa shape index (κ1) is 15.7. The van der Waals surface area contributed by atoms with Crippen molar-refractivity contribution >= 4 is 22.6 Å². The highest BCUT2D eigenvalue weighted by atomic mass is 16.3. The molecule has 1 heterocycles. The van der Waals surface area contributed by atoms with Crippen molar-refractivity contribution in [1.82, 2.24) is 10.6 Å². The highest BCUT2D eigenvalue weighted by molar-refractivity contribution is 6.03. The van der Waals surface area contributed by atoms with Gasteiger partial charge in [0.2, 0.25) is 0 Å². The van der Waals surface area contributed by atoms with Crippen molar-refractivity contribution in [1.29, 1.82) is 0 Å². The first-order chi connectivity index (χ1) is 11.9. The molecule has 2 aromatic carbocycles. The Morgan fingerprint density at radius 1 is 1.08 bits per heavy atom. The third kappa shape index (κ3) is 2.56. The summed E-state index contributed by atoms with van der Waals surface area (Å²) in [7, 11) is 0. The minimum Gasteiger partial charge on any atom is -0.508 e. The van der Waals surface area contributed by atoms with E-state index in [1.165, 1.54) is 0 Å². The van der Waals surface area contributed by atoms with Crippen molar-refractivity contribution in [3.05, 3.63) is 53.2 Å². The second-order valence-electron chi connectivity index (χ2n) is 7.58. The predicted octanol–water partition coefficient (Wildman–Crippen LogP) is 3.54. The number of fused-ring (bicyclic) bond motifs is 1. The summed E-state index contributed by atoms with van der Waals surface area (Å²) in [6, 6.07) is 10.1. The van der Waals surface area contributed by atoms with Crippen LogP contribution >= 0.6 is 0 Å². The van der Waals surface area contributed by atoms with Gasteiger partial charge in [-0.2, -0.15) is 0 Å².